The number of terminal acetylenes is 1. The van der Waals surface area contributed by atoms with Crippen LogP contribution < -0.4 is 5.73 Å². The molecule has 0 saturated carbocycles. The summed E-state index contributed by atoms with van der Waals surface area (Å²) < 4.78 is 0. The summed E-state index contributed by atoms with van der Waals surface area (Å²) in [6.07, 6.45) is 5.96. The molecule has 0 aromatic heterocycles. The van der Waals surface area contributed by atoms with Gasteiger partial charge >= 0.3 is 0 Å². The highest BCUT2D eigenvalue weighted by Gasteiger charge is 2.20. The Labute approximate surface area is 86.6 Å². The van der Waals surface area contributed by atoms with Gasteiger partial charge in [-0.2, -0.15) is 0 Å². The van der Waals surface area contributed by atoms with Crippen molar-refractivity contribution in [3.8, 4) is 12.3 Å². The second kappa shape index (κ2) is 6.44. The van der Waals surface area contributed by atoms with Crippen molar-refractivity contribution in [3.05, 3.63) is 0 Å². The van der Waals surface area contributed by atoms with Crippen LogP contribution in [0.1, 0.15) is 20.3 Å². The third kappa shape index (κ3) is 4.29. The highest BCUT2D eigenvalue weighted by atomic mass is 16.2. The smallest absolute Gasteiger partial charge is 0.227 e. The van der Waals surface area contributed by atoms with Crippen LogP contribution >= 0.6 is 0 Å². The Morgan fingerprint density at radius 1 is 1.57 bits per heavy atom. The van der Waals surface area contributed by atoms with Crippen molar-refractivity contribution in [1.29, 1.82) is 0 Å². The highest BCUT2D eigenvalue weighted by Crippen LogP contribution is 2.12. The minimum absolute atomic E-state index is 0.0548. The first-order valence-electron chi connectivity index (χ1n) is 4.91. The minimum atomic E-state index is -0.0895. The number of hydrogen-bond donors (Lipinski definition) is 1. The fourth-order valence-electron chi connectivity index (χ4n) is 1.39. The van der Waals surface area contributed by atoms with E-state index in [-0.39, 0.29) is 11.8 Å². The predicted molar refractivity (Wildman–Crippen MR) is 58.5 cm³/mol. The van der Waals surface area contributed by atoms with Crippen LogP contribution in [0.5, 0.6) is 0 Å². The first-order chi connectivity index (χ1) is 6.52. The molecule has 2 N–H and O–H groups in total. The molecule has 0 bridgehead atoms. The van der Waals surface area contributed by atoms with Crippen LogP contribution in [0.2, 0.25) is 0 Å². The Balaban J connectivity index is 4.24. The average Bonchev–Trinajstić information content (AvgIpc) is 2.13. The van der Waals surface area contributed by atoms with E-state index in [1.807, 2.05) is 0 Å². The average molecular weight is 196 g/mol. The zero-order chi connectivity index (χ0) is 11.1. The molecule has 0 aromatic rings. The van der Waals surface area contributed by atoms with E-state index in [4.69, 9.17) is 12.2 Å². The molecule has 1 atom stereocenters. The Hall–Kier alpha value is -1.01. The third-order valence-corrected chi connectivity index (χ3v) is 2.09. The van der Waals surface area contributed by atoms with E-state index < -0.39 is 0 Å². The highest BCUT2D eigenvalue weighted by molar-refractivity contribution is 5.79. The maximum absolute atomic E-state index is 11.8. The van der Waals surface area contributed by atoms with E-state index in [0.717, 1.165) is 6.42 Å². The Kier molecular flexibility index (Phi) is 5.98. The van der Waals surface area contributed by atoms with Gasteiger partial charge in [-0.3, -0.25) is 4.79 Å². The van der Waals surface area contributed by atoms with Crippen LogP contribution in [-0.4, -0.2) is 30.9 Å². The molecule has 0 rings (SSSR count). The Morgan fingerprint density at radius 2 is 2.14 bits per heavy atom. The first-order valence-corrected chi connectivity index (χ1v) is 4.91. The maximum atomic E-state index is 11.8. The van der Waals surface area contributed by atoms with Crippen molar-refractivity contribution in [2.24, 2.45) is 17.6 Å². The molecule has 0 aliphatic carbocycles. The molecule has 14 heavy (non-hydrogen) atoms. The second-order valence-electron chi connectivity index (χ2n) is 3.96. The maximum Gasteiger partial charge on any atom is 0.227 e. The number of amides is 1. The predicted octanol–water partition coefficient (Wildman–Crippen LogP) is 0.699. The third-order valence-electron chi connectivity index (χ3n) is 2.09. The summed E-state index contributed by atoms with van der Waals surface area (Å²) >= 11 is 0. The summed E-state index contributed by atoms with van der Waals surface area (Å²) in [7, 11) is 1.71. The molecule has 3 heteroatoms. The van der Waals surface area contributed by atoms with Crippen LogP contribution in [0.4, 0.5) is 0 Å². The van der Waals surface area contributed by atoms with E-state index in [9.17, 15) is 4.79 Å². The summed E-state index contributed by atoms with van der Waals surface area (Å²) in [6.45, 7) is 4.91. The van der Waals surface area contributed by atoms with Gasteiger partial charge in [0, 0.05) is 13.6 Å². The molecular weight excluding hydrogens is 176 g/mol. The second-order valence-corrected chi connectivity index (χ2v) is 3.96. The lowest BCUT2D eigenvalue weighted by Crippen LogP contribution is -2.37. The normalized spacial score (nSPS) is 12.3. The van der Waals surface area contributed by atoms with Crippen LogP contribution in [0.25, 0.3) is 0 Å². The lowest BCUT2D eigenvalue weighted by Gasteiger charge is -2.22. The fraction of sp³-hybridized carbons (Fsp3) is 0.727. The molecule has 0 aromatic carbocycles. The van der Waals surface area contributed by atoms with Crippen molar-refractivity contribution < 1.29 is 4.79 Å². The molecule has 3 nitrogen and oxygen atoms in total. The van der Waals surface area contributed by atoms with Gasteiger partial charge in [0.2, 0.25) is 5.91 Å². The van der Waals surface area contributed by atoms with Gasteiger partial charge in [0.15, 0.2) is 0 Å². The van der Waals surface area contributed by atoms with Gasteiger partial charge in [-0.05, 0) is 12.3 Å². The Bertz CT molecular complexity index is 218. The topological polar surface area (TPSA) is 46.3 Å². The molecule has 0 fully saturated rings. The van der Waals surface area contributed by atoms with Crippen LogP contribution in [-0.2, 0) is 4.79 Å². The van der Waals surface area contributed by atoms with Gasteiger partial charge in [0.1, 0.15) is 0 Å². The monoisotopic (exact) mass is 196 g/mol. The summed E-state index contributed by atoms with van der Waals surface area (Å²) in [4.78, 5) is 13.3. The zero-order valence-corrected chi connectivity index (χ0v) is 9.29. The van der Waals surface area contributed by atoms with Crippen LogP contribution in [0.15, 0.2) is 0 Å². The molecule has 0 saturated heterocycles. The summed E-state index contributed by atoms with van der Waals surface area (Å²) in [6, 6.07) is 0. The summed E-state index contributed by atoms with van der Waals surface area (Å²) in [5.41, 5.74) is 5.56. The molecule has 80 valence electrons. The summed E-state index contributed by atoms with van der Waals surface area (Å²) in [5.74, 6) is 2.89. The SMILES string of the molecule is C#CCN(C)C(=O)C(CN)CC(C)C. The fourth-order valence-corrected chi connectivity index (χ4v) is 1.39. The number of rotatable bonds is 5. The van der Waals surface area contributed by atoms with E-state index in [0.29, 0.717) is 19.0 Å². The number of nitrogens with zero attached hydrogens (tertiary/aromatic N) is 1. The number of carbonyl (C=O) groups excluding carboxylic acids is 1. The molecule has 0 spiro atoms. The van der Waals surface area contributed by atoms with Gasteiger partial charge in [0.25, 0.3) is 0 Å². The largest absolute Gasteiger partial charge is 0.334 e. The van der Waals surface area contributed by atoms with Gasteiger partial charge in [-0.1, -0.05) is 19.8 Å². The minimum Gasteiger partial charge on any atom is -0.334 e. The van der Waals surface area contributed by atoms with Crippen molar-refractivity contribution in [1.82, 2.24) is 4.90 Å². The van der Waals surface area contributed by atoms with E-state index in [1.54, 1.807) is 11.9 Å². The van der Waals surface area contributed by atoms with Crippen molar-refractivity contribution in [2.45, 2.75) is 20.3 Å². The lowest BCUT2D eigenvalue weighted by atomic mass is 9.96. The standard InChI is InChI=1S/C11H20N2O/c1-5-6-13(4)11(14)10(8-12)7-9(2)3/h1,9-10H,6-8,12H2,2-4H3. The van der Waals surface area contributed by atoms with Crippen LogP contribution in [0, 0.1) is 24.2 Å². The first kappa shape index (κ1) is 13.0. The van der Waals surface area contributed by atoms with E-state index in [2.05, 4.69) is 19.8 Å². The molecule has 1 amide bonds. The number of hydrogen-bond acceptors (Lipinski definition) is 2. The lowest BCUT2D eigenvalue weighted by molar-refractivity contribution is -0.133. The zero-order valence-electron chi connectivity index (χ0n) is 9.29. The molecular formula is C11H20N2O. The van der Waals surface area contributed by atoms with Gasteiger partial charge in [-0.15, -0.1) is 6.42 Å². The Morgan fingerprint density at radius 3 is 2.50 bits per heavy atom. The number of nitrogens with two attached hydrogens (primary N) is 1. The van der Waals surface area contributed by atoms with Gasteiger partial charge < -0.3 is 10.6 Å². The number of carbonyl (C=O) groups is 1. The van der Waals surface area contributed by atoms with Gasteiger partial charge in [-0.25, -0.2) is 0 Å². The molecule has 0 heterocycles. The van der Waals surface area contributed by atoms with E-state index in [1.165, 1.54) is 0 Å². The quantitative estimate of drug-likeness (QED) is 0.658. The van der Waals surface area contributed by atoms with Crippen molar-refractivity contribution in [3.63, 3.8) is 0 Å². The van der Waals surface area contributed by atoms with Crippen LogP contribution in [0.3, 0.4) is 0 Å². The molecule has 0 radical (unpaired) electrons. The van der Waals surface area contributed by atoms with Crippen molar-refractivity contribution in [2.75, 3.05) is 20.1 Å². The summed E-state index contributed by atoms with van der Waals surface area (Å²) in [5, 5.41) is 0. The van der Waals surface area contributed by atoms with Crippen molar-refractivity contribution >= 4 is 5.91 Å². The molecule has 0 aliphatic rings. The van der Waals surface area contributed by atoms with Gasteiger partial charge in [0.05, 0.1) is 12.5 Å². The molecule has 1 unspecified atom stereocenters. The van der Waals surface area contributed by atoms with E-state index >= 15 is 0 Å². The molecule has 0 aliphatic heterocycles.